The molecular weight excluding hydrogens is 493 g/mol. The summed E-state index contributed by atoms with van der Waals surface area (Å²) in [5.41, 5.74) is 3.83. The second kappa shape index (κ2) is 9.76. The maximum absolute atomic E-state index is 11.7. The zero-order valence-electron chi connectivity index (χ0n) is 19.8. The Balaban J connectivity index is 1.78. The van der Waals surface area contributed by atoms with E-state index in [-0.39, 0.29) is 0 Å². The monoisotopic (exact) mass is 515 g/mol. The number of furan rings is 1. The molecule has 0 saturated heterocycles. The van der Waals surface area contributed by atoms with Crippen LogP contribution in [0.1, 0.15) is 19.6 Å². The van der Waals surface area contributed by atoms with Crippen molar-refractivity contribution in [3.05, 3.63) is 94.8 Å². The average Bonchev–Trinajstić information content (AvgIpc) is 3.19. The number of rotatable bonds is 7. The molecule has 0 unspecified atom stereocenters. The Kier molecular flexibility index (Phi) is 6.52. The molecule has 0 aliphatic heterocycles. The summed E-state index contributed by atoms with van der Waals surface area (Å²) in [5.74, 6) is 1.28. The molecule has 0 aliphatic carbocycles. The van der Waals surface area contributed by atoms with Gasteiger partial charge in [-0.15, -0.1) is 0 Å². The van der Waals surface area contributed by atoms with Crippen molar-refractivity contribution in [1.29, 1.82) is 0 Å². The van der Waals surface area contributed by atoms with Gasteiger partial charge in [-0.2, -0.15) is 0 Å². The van der Waals surface area contributed by atoms with Crippen LogP contribution in [0, 0.1) is 5.41 Å². The fourth-order valence-corrected chi connectivity index (χ4v) is 4.41. The van der Waals surface area contributed by atoms with Crippen LogP contribution in [0.3, 0.4) is 0 Å². The van der Waals surface area contributed by atoms with Gasteiger partial charge in [-0.05, 0) is 42.0 Å². The Labute approximate surface area is 219 Å². The SMILES string of the molecule is CC(C)(C=O)Cc1oc2nc(-c3ccccc3Cl)c(-c3ccc(Cl)cc3)cc2c1Nc1ccccn1. The van der Waals surface area contributed by atoms with Crippen molar-refractivity contribution < 1.29 is 9.21 Å². The molecule has 180 valence electrons. The molecule has 0 radical (unpaired) electrons. The molecule has 7 heteroatoms. The van der Waals surface area contributed by atoms with Crippen LogP contribution in [0.4, 0.5) is 11.5 Å². The van der Waals surface area contributed by atoms with Gasteiger partial charge in [-0.25, -0.2) is 9.97 Å². The highest BCUT2D eigenvalue weighted by atomic mass is 35.5. The number of nitrogens with one attached hydrogen (secondary N) is 1. The average molecular weight is 516 g/mol. The first-order valence-electron chi connectivity index (χ1n) is 11.5. The topological polar surface area (TPSA) is 68.0 Å². The predicted molar refractivity (Wildman–Crippen MR) is 146 cm³/mol. The van der Waals surface area contributed by atoms with Crippen molar-refractivity contribution >= 4 is 52.1 Å². The molecule has 1 N–H and O–H groups in total. The molecule has 5 rings (SSSR count). The van der Waals surface area contributed by atoms with E-state index in [9.17, 15) is 4.79 Å². The van der Waals surface area contributed by atoms with E-state index in [1.807, 2.05) is 86.6 Å². The lowest BCUT2D eigenvalue weighted by Crippen LogP contribution is -2.16. The lowest BCUT2D eigenvalue weighted by molar-refractivity contribution is -0.114. The third-order valence-corrected chi connectivity index (χ3v) is 6.47. The van der Waals surface area contributed by atoms with Gasteiger partial charge in [0.1, 0.15) is 17.9 Å². The van der Waals surface area contributed by atoms with Crippen LogP contribution < -0.4 is 5.32 Å². The Hall–Kier alpha value is -3.67. The van der Waals surface area contributed by atoms with Gasteiger partial charge in [0.25, 0.3) is 0 Å². The number of aromatic nitrogens is 2. The third kappa shape index (κ3) is 4.85. The number of aldehydes is 1. The second-order valence-electron chi connectivity index (χ2n) is 9.25. The molecule has 0 fully saturated rings. The Morgan fingerprint density at radius 2 is 1.72 bits per heavy atom. The summed E-state index contributed by atoms with van der Waals surface area (Å²) in [6, 6.07) is 22.8. The third-order valence-electron chi connectivity index (χ3n) is 5.89. The van der Waals surface area contributed by atoms with Crippen LogP contribution in [0.15, 0.2) is 83.4 Å². The minimum absolute atomic E-state index is 0.389. The largest absolute Gasteiger partial charge is 0.440 e. The lowest BCUT2D eigenvalue weighted by atomic mass is 9.89. The van der Waals surface area contributed by atoms with Crippen LogP contribution in [-0.4, -0.2) is 16.3 Å². The number of anilines is 2. The molecule has 0 saturated carbocycles. The normalized spacial score (nSPS) is 11.6. The van der Waals surface area contributed by atoms with E-state index in [4.69, 9.17) is 32.6 Å². The Morgan fingerprint density at radius 1 is 0.972 bits per heavy atom. The molecule has 36 heavy (non-hydrogen) atoms. The minimum Gasteiger partial charge on any atom is -0.440 e. The van der Waals surface area contributed by atoms with E-state index in [2.05, 4.69) is 10.3 Å². The predicted octanol–water partition coefficient (Wildman–Crippen LogP) is 8.37. The van der Waals surface area contributed by atoms with E-state index >= 15 is 0 Å². The number of fused-ring (bicyclic) bond motifs is 1. The molecule has 0 atom stereocenters. The molecule has 0 aliphatic rings. The van der Waals surface area contributed by atoms with Gasteiger partial charge < -0.3 is 14.5 Å². The summed E-state index contributed by atoms with van der Waals surface area (Å²) < 4.78 is 6.30. The van der Waals surface area contributed by atoms with Crippen LogP contribution >= 0.6 is 23.2 Å². The number of halogens is 2. The molecule has 2 aromatic carbocycles. The summed E-state index contributed by atoms with van der Waals surface area (Å²) in [6.45, 7) is 3.75. The van der Waals surface area contributed by atoms with Gasteiger partial charge in [0.05, 0.1) is 16.8 Å². The highest BCUT2D eigenvalue weighted by molar-refractivity contribution is 6.33. The number of carbonyl (C=O) groups excluding carboxylic acids is 1. The lowest BCUT2D eigenvalue weighted by Gasteiger charge is -2.16. The number of benzene rings is 2. The van der Waals surface area contributed by atoms with Gasteiger partial charge in [-0.1, -0.05) is 73.4 Å². The fourth-order valence-electron chi connectivity index (χ4n) is 4.06. The van der Waals surface area contributed by atoms with Gasteiger partial charge in [0.2, 0.25) is 5.71 Å². The van der Waals surface area contributed by atoms with E-state index in [0.29, 0.717) is 39.5 Å². The standard InChI is InChI=1S/C29H23Cl2N3O2/c1-29(2,17-35)16-24-27(33-25-9-5-6-14-32-25)22-15-21(18-10-12-19(30)13-11-18)26(34-28(22)36-24)20-7-3-4-8-23(20)31/h3-15,17H,16H2,1-2H3,(H,32,33). The summed E-state index contributed by atoms with van der Waals surface area (Å²) in [7, 11) is 0. The van der Waals surface area contributed by atoms with Gasteiger partial charge in [0.15, 0.2) is 0 Å². The number of pyridine rings is 2. The number of hydrogen-bond donors (Lipinski definition) is 1. The van der Waals surface area contributed by atoms with Crippen molar-refractivity contribution in [1.82, 2.24) is 9.97 Å². The first-order valence-corrected chi connectivity index (χ1v) is 12.2. The highest BCUT2D eigenvalue weighted by Gasteiger charge is 2.26. The number of carbonyl (C=O) groups is 1. The van der Waals surface area contributed by atoms with Crippen LogP contribution in [-0.2, 0) is 11.2 Å². The van der Waals surface area contributed by atoms with Gasteiger partial charge >= 0.3 is 0 Å². The molecule has 0 spiro atoms. The summed E-state index contributed by atoms with van der Waals surface area (Å²) in [4.78, 5) is 21.1. The molecule has 0 bridgehead atoms. The molecule has 5 aromatic rings. The van der Waals surface area contributed by atoms with Crippen molar-refractivity contribution in [3.8, 4) is 22.4 Å². The number of nitrogens with zero attached hydrogens (tertiary/aromatic N) is 2. The second-order valence-corrected chi connectivity index (χ2v) is 10.1. The Bertz CT molecular complexity index is 1540. The van der Waals surface area contributed by atoms with E-state index in [1.165, 1.54) is 0 Å². The van der Waals surface area contributed by atoms with Crippen molar-refractivity contribution in [2.24, 2.45) is 5.41 Å². The van der Waals surface area contributed by atoms with Crippen LogP contribution in [0.25, 0.3) is 33.5 Å². The first-order chi connectivity index (χ1) is 17.3. The summed E-state index contributed by atoms with van der Waals surface area (Å²) in [5, 5.41) is 5.40. The zero-order chi connectivity index (χ0) is 25.3. The van der Waals surface area contributed by atoms with Crippen LogP contribution in [0.5, 0.6) is 0 Å². The molecule has 5 nitrogen and oxygen atoms in total. The summed E-state index contributed by atoms with van der Waals surface area (Å²) in [6.07, 6.45) is 3.04. The molecule has 0 amide bonds. The van der Waals surface area contributed by atoms with Crippen molar-refractivity contribution in [3.63, 3.8) is 0 Å². The fraction of sp³-hybridized carbons (Fsp3) is 0.138. The smallest absolute Gasteiger partial charge is 0.229 e. The van der Waals surface area contributed by atoms with E-state index in [0.717, 1.165) is 34.1 Å². The maximum Gasteiger partial charge on any atom is 0.229 e. The molecule has 3 heterocycles. The minimum atomic E-state index is -0.626. The highest BCUT2D eigenvalue weighted by Crippen LogP contribution is 2.42. The van der Waals surface area contributed by atoms with Crippen LogP contribution in [0.2, 0.25) is 10.0 Å². The number of hydrogen-bond acceptors (Lipinski definition) is 5. The van der Waals surface area contributed by atoms with Gasteiger partial charge in [-0.3, -0.25) is 0 Å². The quantitative estimate of drug-likeness (QED) is 0.220. The van der Waals surface area contributed by atoms with Crippen molar-refractivity contribution in [2.75, 3.05) is 5.32 Å². The maximum atomic E-state index is 11.7. The molecular formula is C29H23Cl2N3O2. The van der Waals surface area contributed by atoms with E-state index in [1.54, 1.807) is 6.20 Å². The van der Waals surface area contributed by atoms with Crippen molar-refractivity contribution in [2.45, 2.75) is 20.3 Å². The zero-order valence-corrected chi connectivity index (χ0v) is 21.3. The van der Waals surface area contributed by atoms with Gasteiger partial charge in [0, 0.05) is 39.2 Å². The summed E-state index contributed by atoms with van der Waals surface area (Å²) >= 11 is 12.8. The Morgan fingerprint density at radius 3 is 2.42 bits per heavy atom. The van der Waals surface area contributed by atoms with E-state index < -0.39 is 5.41 Å². The molecule has 3 aromatic heterocycles. The first kappa shape index (κ1) is 24.0.